The summed E-state index contributed by atoms with van der Waals surface area (Å²) in [6, 6.07) is 0.559. The summed E-state index contributed by atoms with van der Waals surface area (Å²) in [5.41, 5.74) is 5.87. The van der Waals surface area contributed by atoms with Crippen LogP contribution in [0.2, 0.25) is 0 Å². The Labute approximate surface area is 60.9 Å². The summed E-state index contributed by atoms with van der Waals surface area (Å²) >= 11 is 0. The molecule has 0 saturated carbocycles. The van der Waals surface area contributed by atoms with E-state index in [9.17, 15) is 0 Å². The van der Waals surface area contributed by atoms with Crippen LogP contribution in [0.1, 0.15) is 19.3 Å². The van der Waals surface area contributed by atoms with Gasteiger partial charge >= 0.3 is 0 Å². The van der Waals surface area contributed by atoms with E-state index in [2.05, 4.69) is 9.89 Å². The molecule has 2 unspecified atom stereocenters. The van der Waals surface area contributed by atoms with Crippen LogP contribution in [0.25, 0.3) is 0 Å². The average Bonchev–Trinajstić information content (AvgIpc) is 2.36. The van der Waals surface area contributed by atoms with Crippen molar-refractivity contribution in [1.29, 1.82) is 0 Å². The second-order valence-electron chi connectivity index (χ2n) is 3.05. The lowest BCUT2D eigenvalue weighted by Gasteiger charge is -2.33. The predicted octanol–water partition coefficient (Wildman–Crippen LogP) is 0.168. The first-order chi connectivity index (χ1) is 4.88. The van der Waals surface area contributed by atoms with Gasteiger partial charge in [0.15, 0.2) is 0 Å². The largest absolute Gasteiger partial charge is 0.316 e. The van der Waals surface area contributed by atoms with Gasteiger partial charge in [0.2, 0.25) is 0 Å². The normalized spacial score (nSPS) is 40.1. The van der Waals surface area contributed by atoms with E-state index in [0.717, 1.165) is 13.1 Å². The van der Waals surface area contributed by atoms with Crippen LogP contribution in [0, 0.1) is 0 Å². The lowest BCUT2D eigenvalue weighted by molar-refractivity contribution is 0.143. The lowest BCUT2D eigenvalue weighted by Crippen LogP contribution is -2.48. The smallest absolute Gasteiger partial charge is 0.0923 e. The third-order valence-corrected chi connectivity index (χ3v) is 2.37. The van der Waals surface area contributed by atoms with Crippen LogP contribution in [-0.2, 0) is 0 Å². The Morgan fingerprint density at radius 3 is 3.20 bits per heavy atom. The first-order valence-corrected chi connectivity index (χ1v) is 3.89. The minimum absolute atomic E-state index is 0.265. The van der Waals surface area contributed by atoms with E-state index in [4.69, 9.17) is 5.73 Å². The maximum absolute atomic E-state index is 5.87. The van der Waals surface area contributed by atoms with Gasteiger partial charge in [0.1, 0.15) is 0 Å². The van der Waals surface area contributed by atoms with Gasteiger partial charge in [0.05, 0.1) is 12.8 Å². The standard InChI is InChI=1S/C7H13N3/c8-7-3-1-2-6-4-9-5-10(6)7/h4,6-7H,1-3,5,8H2. The molecular formula is C7H13N3. The maximum atomic E-state index is 5.87. The van der Waals surface area contributed by atoms with Crippen LogP contribution < -0.4 is 5.73 Å². The molecule has 2 N–H and O–H groups in total. The molecule has 2 aliphatic rings. The maximum Gasteiger partial charge on any atom is 0.0923 e. The number of fused-ring (bicyclic) bond motifs is 1. The second-order valence-corrected chi connectivity index (χ2v) is 3.05. The second kappa shape index (κ2) is 2.32. The summed E-state index contributed by atoms with van der Waals surface area (Å²) in [4.78, 5) is 6.47. The fraction of sp³-hybridized carbons (Fsp3) is 0.857. The van der Waals surface area contributed by atoms with Crippen LogP contribution in [-0.4, -0.2) is 30.0 Å². The quantitative estimate of drug-likeness (QED) is 0.519. The third kappa shape index (κ3) is 0.859. The Balaban J connectivity index is 2.07. The summed E-state index contributed by atoms with van der Waals surface area (Å²) in [6.45, 7) is 0.825. The summed E-state index contributed by atoms with van der Waals surface area (Å²) in [5.74, 6) is 0. The van der Waals surface area contributed by atoms with Crippen molar-refractivity contribution in [2.45, 2.75) is 31.5 Å². The Morgan fingerprint density at radius 2 is 2.40 bits per heavy atom. The van der Waals surface area contributed by atoms with Gasteiger partial charge < -0.3 is 5.73 Å². The van der Waals surface area contributed by atoms with E-state index < -0.39 is 0 Å². The van der Waals surface area contributed by atoms with Gasteiger partial charge in [-0.25, -0.2) is 0 Å². The molecule has 0 spiro atoms. The van der Waals surface area contributed by atoms with Crippen molar-refractivity contribution in [1.82, 2.24) is 4.90 Å². The molecule has 10 heavy (non-hydrogen) atoms. The number of hydrogen-bond donors (Lipinski definition) is 1. The number of hydrogen-bond acceptors (Lipinski definition) is 3. The Hall–Kier alpha value is -0.410. The van der Waals surface area contributed by atoms with Crippen molar-refractivity contribution in [2.75, 3.05) is 6.67 Å². The number of nitrogens with two attached hydrogens (primary N) is 1. The molecule has 0 amide bonds. The van der Waals surface area contributed by atoms with Gasteiger partial charge in [-0.1, -0.05) is 0 Å². The van der Waals surface area contributed by atoms with E-state index >= 15 is 0 Å². The molecule has 3 nitrogen and oxygen atoms in total. The van der Waals surface area contributed by atoms with Gasteiger partial charge in [-0.3, -0.25) is 9.89 Å². The van der Waals surface area contributed by atoms with Gasteiger partial charge in [-0.05, 0) is 19.3 Å². The van der Waals surface area contributed by atoms with Gasteiger partial charge in [-0.2, -0.15) is 0 Å². The van der Waals surface area contributed by atoms with E-state index in [0.29, 0.717) is 6.04 Å². The molecule has 2 heterocycles. The first kappa shape index (κ1) is 6.31. The zero-order chi connectivity index (χ0) is 6.97. The van der Waals surface area contributed by atoms with Crippen molar-refractivity contribution >= 4 is 6.21 Å². The molecule has 1 saturated heterocycles. The first-order valence-electron chi connectivity index (χ1n) is 3.89. The number of piperidine rings is 1. The highest BCUT2D eigenvalue weighted by molar-refractivity contribution is 5.66. The lowest BCUT2D eigenvalue weighted by atomic mass is 10.0. The molecule has 0 aromatic rings. The molecule has 3 heteroatoms. The highest BCUT2D eigenvalue weighted by Gasteiger charge is 2.29. The monoisotopic (exact) mass is 139 g/mol. The molecule has 2 aliphatic heterocycles. The van der Waals surface area contributed by atoms with E-state index in [1.807, 2.05) is 6.21 Å². The fourth-order valence-corrected chi connectivity index (χ4v) is 1.75. The Morgan fingerprint density at radius 1 is 1.50 bits per heavy atom. The van der Waals surface area contributed by atoms with Crippen LogP contribution in [0.15, 0.2) is 4.99 Å². The number of aliphatic imine (C=N–C) groups is 1. The van der Waals surface area contributed by atoms with Crippen molar-refractivity contribution in [3.63, 3.8) is 0 Å². The highest BCUT2D eigenvalue weighted by Crippen LogP contribution is 2.21. The Kier molecular flexibility index (Phi) is 1.47. The molecule has 0 radical (unpaired) electrons. The van der Waals surface area contributed by atoms with Crippen molar-refractivity contribution in [3.05, 3.63) is 0 Å². The molecule has 1 fully saturated rings. The van der Waals surface area contributed by atoms with Crippen LogP contribution in [0.3, 0.4) is 0 Å². The zero-order valence-corrected chi connectivity index (χ0v) is 6.03. The molecular weight excluding hydrogens is 126 g/mol. The average molecular weight is 139 g/mol. The molecule has 0 bridgehead atoms. The van der Waals surface area contributed by atoms with Gasteiger partial charge in [-0.15, -0.1) is 0 Å². The van der Waals surface area contributed by atoms with Crippen molar-refractivity contribution in [3.8, 4) is 0 Å². The molecule has 0 aromatic carbocycles. The number of nitrogens with zero attached hydrogens (tertiary/aromatic N) is 2. The van der Waals surface area contributed by atoms with Crippen LogP contribution in [0.4, 0.5) is 0 Å². The minimum Gasteiger partial charge on any atom is -0.316 e. The summed E-state index contributed by atoms with van der Waals surface area (Å²) in [5, 5.41) is 0. The molecule has 56 valence electrons. The molecule has 2 atom stereocenters. The fourth-order valence-electron chi connectivity index (χ4n) is 1.75. The molecule has 2 rings (SSSR count). The van der Waals surface area contributed by atoms with E-state index in [-0.39, 0.29) is 6.17 Å². The van der Waals surface area contributed by atoms with Crippen LogP contribution in [0.5, 0.6) is 0 Å². The topological polar surface area (TPSA) is 41.6 Å². The molecule has 0 aromatic heterocycles. The van der Waals surface area contributed by atoms with E-state index in [1.165, 1.54) is 12.8 Å². The number of rotatable bonds is 0. The predicted molar refractivity (Wildman–Crippen MR) is 40.8 cm³/mol. The third-order valence-electron chi connectivity index (χ3n) is 2.37. The summed E-state index contributed by atoms with van der Waals surface area (Å²) in [6.07, 6.45) is 5.95. The SMILES string of the molecule is NC1CCCC2C=NCN12. The van der Waals surface area contributed by atoms with Crippen molar-refractivity contribution in [2.24, 2.45) is 10.7 Å². The van der Waals surface area contributed by atoms with E-state index in [1.54, 1.807) is 0 Å². The van der Waals surface area contributed by atoms with Gasteiger partial charge in [0, 0.05) is 12.3 Å². The zero-order valence-electron chi connectivity index (χ0n) is 6.03. The summed E-state index contributed by atoms with van der Waals surface area (Å²) in [7, 11) is 0. The van der Waals surface area contributed by atoms with Crippen LogP contribution >= 0.6 is 0 Å². The minimum atomic E-state index is 0.265. The summed E-state index contributed by atoms with van der Waals surface area (Å²) < 4.78 is 0. The molecule has 0 aliphatic carbocycles. The Bertz CT molecular complexity index is 155. The highest BCUT2D eigenvalue weighted by atomic mass is 15.3. The van der Waals surface area contributed by atoms with Gasteiger partial charge in [0.25, 0.3) is 0 Å². The van der Waals surface area contributed by atoms with Crippen molar-refractivity contribution < 1.29 is 0 Å².